The van der Waals surface area contributed by atoms with Gasteiger partial charge in [0.2, 0.25) is 5.91 Å². The van der Waals surface area contributed by atoms with Crippen LogP contribution in [0.3, 0.4) is 0 Å². The fraction of sp³-hybridized carbons (Fsp3) is 0.562. The highest BCUT2D eigenvalue weighted by atomic mass is 35.5. The summed E-state index contributed by atoms with van der Waals surface area (Å²) < 4.78 is 5.46. The summed E-state index contributed by atoms with van der Waals surface area (Å²) in [5, 5.41) is 6.35. The summed E-state index contributed by atoms with van der Waals surface area (Å²) in [7, 11) is 1.69. The number of benzene rings is 1. The van der Waals surface area contributed by atoms with Crippen LogP contribution in [0.5, 0.6) is 5.75 Å². The predicted octanol–water partition coefficient (Wildman–Crippen LogP) is 1.59. The molecule has 0 aromatic heterocycles. The van der Waals surface area contributed by atoms with Crippen LogP contribution in [0.1, 0.15) is 24.9 Å². The lowest BCUT2D eigenvalue weighted by molar-refractivity contribution is -0.123. The Bertz CT molecular complexity index is 470. The summed E-state index contributed by atoms with van der Waals surface area (Å²) >= 11 is 0. The summed E-state index contributed by atoms with van der Waals surface area (Å²) in [6, 6.07) is 8.20. The van der Waals surface area contributed by atoms with Crippen LogP contribution in [-0.4, -0.2) is 50.6 Å². The molecule has 1 unspecified atom stereocenters. The molecular weight excluding hydrogens is 302 g/mol. The van der Waals surface area contributed by atoms with Crippen molar-refractivity contribution in [1.29, 1.82) is 0 Å². The molecule has 0 aliphatic carbocycles. The average molecular weight is 328 g/mol. The molecule has 1 amide bonds. The fourth-order valence-electron chi connectivity index (χ4n) is 2.69. The number of piperazine rings is 1. The standard InChI is InChI=1S/C16H25N3O2.ClH/c1-3-8-18-16(20)12-19-10-9-17-11-14(19)13-6-4-5-7-15(13)21-2;/h4-7,14,17H,3,8-12H2,1-2H3,(H,18,20);1H. The van der Waals surface area contributed by atoms with Gasteiger partial charge in [-0.3, -0.25) is 9.69 Å². The number of carbonyl (C=O) groups excluding carboxylic acids is 1. The molecule has 2 rings (SSSR count). The van der Waals surface area contributed by atoms with Crippen molar-refractivity contribution in [3.63, 3.8) is 0 Å². The molecule has 1 fully saturated rings. The van der Waals surface area contributed by atoms with E-state index in [-0.39, 0.29) is 24.4 Å². The smallest absolute Gasteiger partial charge is 0.234 e. The lowest BCUT2D eigenvalue weighted by Crippen LogP contribution is -2.49. The van der Waals surface area contributed by atoms with E-state index in [4.69, 9.17) is 4.74 Å². The Balaban J connectivity index is 0.00000242. The van der Waals surface area contributed by atoms with Crippen LogP contribution in [0.2, 0.25) is 0 Å². The summed E-state index contributed by atoms with van der Waals surface area (Å²) in [5.41, 5.74) is 1.13. The van der Waals surface area contributed by atoms with E-state index in [1.165, 1.54) is 0 Å². The monoisotopic (exact) mass is 327 g/mol. The first-order valence-electron chi connectivity index (χ1n) is 7.60. The first-order chi connectivity index (χ1) is 10.3. The van der Waals surface area contributed by atoms with Gasteiger partial charge in [0.05, 0.1) is 19.7 Å². The zero-order chi connectivity index (χ0) is 15.1. The van der Waals surface area contributed by atoms with Crippen molar-refractivity contribution in [2.45, 2.75) is 19.4 Å². The van der Waals surface area contributed by atoms with Gasteiger partial charge >= 0.3 is 0 Å². The molecule has 1 saturated heterocycles. The molecule has 22 heavy (non-hydrogen) atoms. The maximum atomic E-state index is 12.0. The molecule has 0 bridgehead atoms. The molecule has 0 radical (unpaired) electrons. The third kappa shape index (κ3) is 4.87. The Morgan fingerprint density at radius 1 is 1.45 bits per heavy atom. The highest BCUT2D eigenvalue weighted by molar-refractivity contribution is 5.85. The summed E-state index contributed by atoms with van der Waals surface area (Å²) in [6.45, 7) is 5.84. The minimum atomic E-state index is 0. The molecule has 6 heteroatoms. The lowest BCUT2D eigenvalue weighted by atomic mass is 10.0. The number of halogens is 1. The van der Waals surface area contributed by atoms with Crippen LogP contribution >= 0.6 is 12.4 Å². The third-order valence-corrected chi connectivity index (χ3v) is 3.77. The number of carbonyl (C=O) groups is 1. The van der Waals surface area contributed by atoms with E-state index in [0.717, 1.165) is 43.9 Å². The second-order valence-electron chi connectivity index (χ2n) is 5.28. The number of amides is 1. The molecular formula is C16H26ClN3O2. The SMILES string of the molecule is CCCNC(=O)CN1CCNCC1c1ccccc1OC.Cl. The van der Waals surface area contributed by atoms with Crippen LogP contribution in [0.15, 0.2) is 24.3 Å². The topological polar surface area (TPSA) is 53.6 Å². The Hall–Kier alpha value is -1.30. The van der Waals surface area contributed by atoms with Crippen molar-refractivity contribution >= 4 is 18.3 Å². The van der Waals surface area contributed by atoms with Crippen LogP contribution in [0.4, 0.5) is 0 Å². The zero-order valence-corrected chi connectivity index (χ0v) is 14.1. The van der Waals surface area contributed by atoms with Gasteiger partial charge in [0.25, 0.3) is 0 Å². The molecule has 2 N–H and O–H groups in total. The van der Waals surface area contributed by atoms with Crippen molar-refractivity contribution in [2.75, 3.05) is 39.8 Å². The van der Waals surface area contributed by atoms with Crippen LogP contribution in [-0.2, 0) is 4.79 Å². The van der Waals surface area contributed by atoms with Crippen molar-refractivity contribution in [3.05, 3.63) is 29.8 Å². The zero-order valence-electron chi connectivity index (χ0n) is 13.3. The second-order valence-corrected chi connectivity index (χ2v) is 5.28. The molecule has 0 spiro atoms. The Labute approximate surface area is 138 Å². The molecule has 1 aromatic carbocycles. The quantitative estimate of drug-likeness (QED) is 0.833. The minimum Gasteiger partial charge on any atom is -0.496 e. The highest BCUT2D eigenvalue weighted by Crippen LogP contribution is 2.29. The molecule has 1 aliphatic rings. The highest BCUT2D eigenvalue weighted by Gasteiger charge is 2.27. The first kappa shape index (κ1) is 18.7. The molecule has 1 aromatic rings. The Kier molecular flexibility index (Phi) is 8.24. The van der Waals surface area contributed by atoms with Gasteiger partial charge in [0, 0.05) is 31.7 Å². The Morgan fingerprint density at radius 2 is 2.23 bits per heavy atom. The van der Waals surface area contributed by atoms with Gasteiger partial charge in [-0.25, -0.2) is 0 Å². The number of ether oxygens (including phenoxy) is 1. The van der Waals surface area contributed by atoms with Crippen LogP contribution in [0.25, 0.3) is 0 Å². The minimum absolute atomic E-state index is 0. The van der Waals surface area contributed by atoms with Crippen LogP contribution in [0, 0.1) is 0 Å². The summed E-state index contributed by atoms with van der Waals surface area (Å²) in [6.07, 6.45) is 0.962. The fourth-order valence-corrected chi connectivity index (χ4v) is 2.69. The number of nitrogens with zero attached hydrogens (tertiary/aromatic N) is 1. The van der Waals surface area contributed by atoms with Gasteiger partial charge in [-0.1, -0.05) is 25.1 Å². The number of methoxy groups -OCH3 is 1. The van der Waals surface area contributed by atoms with Crippen LogP contribution < -0.4 is 15.4 Å². The average Bonchev–Trinajstić information content (AvgIpc) is 2.53. The van der Waals surface area contributed by atoms with Gasteiger partial charge in [0.1, 0.15) is 5.75 Å². The van der Waals surface area contributed by atoms with Gasteiger partial charge in [0.15, 0.2) is 0 Å². The number of rotatable bonds is 6. The van der Waals surface area contributed by atoms with Crippen molar-refractivity contribution in [1.82, 2.24) is 15.5 Å². The van der Waals surface area contributed by atoms with E-state index in [1.54, 1.807) is 7.11 Å². The van der Waals surface area contributed by atoms with Gasteiger partial charge in [-0.05, 0) is 12.5 Å². The van der Waals surface area contributed by atoms with Gasteiger partial charge in [-0.15, -0.1) is 12.4 Å². The molecule has 1 atom stereocenters. The molecule has 1 aliphatic heterocycles. The largest absolute Gasteiger partial charge is 0.496 e. The number of para-hydroxylation sites is 1. The van der Waals surface area contributed by atoms with Gasteiger partial charge in [-0.2, -0.15) is 0 Å². The molecule has 0 saturated carbocycles. The van der Waals surface area contributed by atoms with E-state index in [1.807, 2.05) is 18.2 Å². The molecule has 1 heterocycles. The van der Waals surface area contributed by atoms with Crippen molar-refractivity contribution in [3.8, 4) is 5.75 Å². The number of hydrogen-bond donors (Lipinski definition) is 2. The molecule has 5 nitrogen and oxygen atoms in total. The predicted molar refractivity (Wildman–Crippen MR) is 90.7 cm³/mol. The van der Waals surface area contributed by atoms with Crippen molar-refractivity contribution in [2.24, 2.45) is 0 Å². The first-order valence-corrected chi connectivity index (χ1v) is 7.60. The normalized spacial score (nSPS) is 18.4. The summed E-state index contributed by atoms with van der Waals surface area (Å²) in [5.74, 6) is 0.976. The Morgan fingerprint density at radius 3 is 2.95 bits per heavy atom. The van der Waals surface area contributed by atoms with E-state index >= 15 is 0 Å². The molecule has 124 valence electrons. The number of hydrogen-bond acceptors (Lipinski definition) is 4. The van der Waals surface area contributed by atoms with Crippen molar-refractivity contribution < 1.29 is 9.53 Å². The van der Waals surface area contributed by atoms with Gasteiger partial charge < -0.3 is 15.4 Å². The number of nitrogens with one attached hydrogen (secondary N) is 2. The summed E-state index contributed by atoms with van der Waals surface area (Å²) in [4.78, 5) is 14.2. The van der Waals surface area contributed by atoms with E-state index in [2.05, 4.69) is 28.5 Å². The van der Waals surface area contributed by atoms with E-state index in [0.29, 0.717) is 6.54 Å². The second kappa shape index (κ2) is 9.66. The lowest BCUT2D eigenvalue weighted by Gasteiger charge is -2.36. The maximum Gasteiger partial charge on any atom is 0.234 e. The third-order valence-electron chi connectivity index (χ3n) is 3.77. The van der Waals surface area contributed by atoms with E-state index in [9.17, 15) is 4.79 Å². The van der Waals surface area contributed by atoms with E-state index < -0.39 is 0 Å². The maximum absolute atomic E-state index is 12.0.